The van der Waals surface area contributed by atoms with Gasteiger partial charge in [-0.1, -0.05) is 13.0 Å². The van der Waals surface area contributed by atoms with Crippen LogP contribution in [-0.4, -0.2) is 0 Å². The molecule has 1 aliphatic carbocycles. The third-order valence-corrected chi connectivity index (χ3v) is 3.06. The van der Waals surface area contributed by atoms with Gasteiger partial charge in [0.25, 0.3) is 0 Å². The van der Waals surface area contributed by atoms with Gasteiger partial charge >= 0.3 is 0 Å². The van der Waals surface area contributed by atoms with Gasteiger partial charge in [0.05, 0.1) is 0 Å². The first kappa shape index (κ1) is 10.5. The standard InChI is InChI=1S/C11H12F3N/c1-5-4-7(5)11(15)6-2-3-8(12)10(14)9(6)13/h2-3,5,7,11H,4,15H2,1H3. The SMILES string of the molecule is CC1CC1C(N)c1ccc(F)c(F)c1F. The van der Waals surface area contributed by atoms with Gasteiger partial charge in [0, 0.05) is 11.6 Å². The van der Waals surface area contributed by atoms with Crippen molar-refractivity contribution in [2.75, 3.05) is 0 Å². The summed E-state index contributed by atoms with van der Waals surface area (Å²) in [4.78, 5) is 0. The molecule has 0 spiro atoms. The maximum Gasteiger partial charge on any atom is 0.194 e. The van der Waals surface area contributed by atoms with E-state index >= 15 is 0 Å². The molecule has 0 radical (unpaired) electrons. The molecule has 1 aliphatic rings. The first-order valence-electron chi connectivity index (χ1n) is 4.91. The minimum absolute atomic E-state index is 0.0725. The molecule has 1 aromatic carbocycles. The fourth-order valence-electron chi connectivity index (χ4n) is 1.88. The summed E-state index contributed by atoms with van der Waals surface area (Å²) in [5, 5.41) is 0. The second-order valence-electron chi connectivity index (χ2n) is 4.17. The second-order valence-corrected chi connectivity index (χ2v) is 4.17. The van der Waals surface area contributed by atoms with E-state index in [9.17, 15) is 13.2 Å². The van der Waals surface area contributed by atoms with Crippen molar-refractivity contribution in [3.8, 4) is 0 Å². The molecule has 0 heterocycles. The summed E-state index contributed by atoms with van der Waals surface area (Å²) in [7, 11) is 0. The van der Waals surface area contributed by atoms with E-state index in [1.807, 2.05) is 6.92 Å². The molecule has 0 bridgehead atoms. The monoisotopic (exact) mass is 215 g/mol. The number of benzene rings is 1. The zero-order valence-electron chi connectivity index (χ0n) is 8.31. The van der Waals surface area contributed by atoms with Gasteiger partial charge in [-0.25, -0.2) is 13.2 Å². The Kier molecular flexibility index (Phi) is 2.46. The van der Waals surface area contributed by atoms with Crippen LogP contribution in [0.2, 0.25) is 0 Å². The minimum Gasteiger partial charge on any atom is -0.324 e. The van der Waals surface area contributed by atoms with Crippen molar-refractivity contribution < 1.29 is 13.2 Å². The average molecular weight is 215 g/mol. The van der Waals surface area contributed by atoms with Gasteiger partial charge in [0.15, 0.2) is 17.5 Å². The molecule has 82 valence electrons. The van der Waals surface area contributed by atoms with Crippen molar-refractivity contribution in [3.63, 3.8) is 0 Å². The van der Waals surface area contributed by atoms with Gasteiger partial charge in [-0.05, 0) is 24.3 Å². The maximum absolute atomic E-state index is 13.3. The maximum atomic E-state index is 13.3. The van der Waals surface area contributed by atoms with Crippen molar-refractivity contribution in [3.05, 3.63) is 35.1 Å². The predicted octanol–water partition coefficient (Wildman–Crippen LogP) is 2.76. The highest BCUT2D eigenvalue weighted by molar-refractivity contribution is 5.25. The van der Waals surface area contributed by atoms with E-state index in [2.05, 4.69) is 0 Å². The molecule has 2 rings (SSSR count). The summed E-state index contributed by atoms with van der Waals surface area (Å²) >= 11 is 0. The Morgan fingerprint density at radius 2 is 1.87 bits per heavy atom. The lowest BCUT2D eigenvalue weighted by Gasteiger charge is -2.12. The molecule has 4 heteroatoms. The molecule has 0 aliphatic heterocycles. The normalized spacial score (nSPS) is 26.5. The Morgan fingerprint density at radius 1 is 1.27 bits per heavy atom. The second kappa shape index (κ2) is 3.52. The number of rotatable bonds is 2. The third-order valence-electron chi connectivity index (χ3n) is 3.06. The van der Waals surface area contributed by atoms with Crippen molar-refractivity contribution in [1.29, 1.82) is 0 Å². The number of halogens is 3. The molecule has 1 fully saturated rings. The topological polar surface area (TPSA) is 26.0 Å². The van der Waals surface area contributed by atoms with E-state index in [1.54, 1.807) is 0 Å². The molecule has 1 aromatic rings. The molecular formula is C11H12F3N. The molecule has 0 amide bonds. The lowest BCUT2D eigenvalue weighted by atomic mass is 10.0. The van der Waals surface area contributed by atoms with Crippen LogP contribution in [0.1, 0.15) is 24.9 Å². The van der Waals surface area contributed by atoms with Crippen LogP contribution in [0.5, 0.6) is 0 Å². The Balaban J connectivity index is 2.32. The van der Waals surface area contributed by atoms with E-state index in [0.29, 0.717) is 5.92 Å². The van der Waals surface area contributed by atoms with Crippen LogP contribution >= 0.6 is 0 Å². The van der Waals surface area contributed by atoms with Crippen molar-refractivity contribution in [2.24, 2.45) is 17.6 Å². The highest BCUT2D eigenvalue weighted by atomic mass is 19.2. The highest BCUT2D eigenvalue weighted by Gasteiger charge is 2.39. The lowest BCUT2D eigenvalue weighted by molar-refractivity contribution is 0.429. The van der Waals surface area contributed by atoms with Crippen molar-refractivity contribution in [2.45, 2.75) is 19.4 Å². The first-order valence-corrected chi connectivity index (χ1v) is 4.91. The first-order chi connectivity index (χ1) is 7.02. The number of hydrogen-bond donors (Lipinski definition) is 1. The molecule has 3 unspecified atom stereocenters. The zero-order valence-corrected chi connectivity index (χ0v) is 8.31. The summed E-state index contributed by atoms with van der Waals surface area (Å²) in [6.07, 6.45) is 0.916. The van der Waals surface area contributed by atoms with Crippen LogP contribution in [0, 0.1) is 29.3 Å². The Hall–Kier alpha value is -1.03. The smallest absolute Gasteiger partial charge is 0.194 e. The number of nitrogens with two attached hydrogens (primary N) is 1. The third kappa shape index (κ3) is 1.74. The average Bonchev–Trinajstić information content (AvgIpc) is 2.91. The van der Waals surface area contributed by atoms with Gasteiger partial charge in [-0.2, -0.15) is 0 Å². The van der Waals surface area contributed by atoms with Gasteiger partial charge in [-0.15, -0.1) is 0 Å². The predicted molar refractivity (Wildman–Crippen MR) is 50.5 cm³/mol. The summed E-state index contributed by atoms with van der Waals surface area (Å²) in [5.41, 5.74) is 5.85. The van der Waals surface area contributed by atoms with Crippen LogP contribution < -0.4 is 5.73 Å². The van der Waals surface area contributed by atoms with E-state index in [1.165, 1.54) is 6.07 Å². The van der Waals surface area contributed by atoms with Crippen LogP contribution in [0.3, 0.4) is 0 Å². The van der Waals surface area contributed by atoms with Crippen molar-refractivity contribution >= 4 is 0 Å². The summed E-state index contributed by atoms with van der Waals surface area (Å²) in [5.74, 6) is -3.14. The quantitative estimate of drug-likeness (QED) is 0.754. The van der Waals surface area contributed by atoms with Gasteiger partial charge in [-0.3, -0.25) is 0 Å². The van der Waals surface area contributed by atoms with Crippen LogP contribution in [0.15, 0.2) is 12.1 Å². The van der Waals surface area contributed by atoms with Gasteiger partial charge < -0.3 is 5.73 Å². The summed E-state index contributed by atoms with van der Waals surface area (Å²) < 4.78 is 38.9. The highest BCUT2D eigenvalue weighted by Crippen LogP contribution is 2.46. The van der Waals surface area contributed by atoms with E-state index in [0.717, 1.165) is 12.5 Å². The van der Waals surface area contributed by atoms with Gasteiger partial charge in [0.2, 0.25) is 0 Å². The molecule has 15 heavy (non-hydrogen) atoms. The van der Waals surface area contributed by atoms with Gasteiger partial charge in [0.1, 0.15) is 0 Å². The van der Waals surface area contributed by atoms with E-state index < -0.39 is 23.5 Å². The van der Waals surface area contributed by atoms with E-state index in [-0.39, 0.29) is 11.5 Å². The Bertz CT molecular complexity index is 392. The largest absolute Gasteiger partial charge is 0.324 e. The fourth-order valence-corrected chi connectivity index (χ4v) is 1.88. The molecule has 1 nitrogen and oxygen atoms in total. The zero-order chi connectivity index (χ0) is 11.2. The molecule has 3 atom stereocenters. The molecule has 0 aromatic heterocycles. The Labute approximate surface area is 86.1 Å². The minimum atomic E-state index is -1.43. The fraction of sp³-hybridized carbons (Fsp3) is 0.455. The van der Waals surface area contributed by atoms with Crippen LogP contribution in [0.25, 0.3) is 0 Å². The Morgan fingerprint density at radius 3 is 2.40 bits per heavy atom. The number of hydrogen-bond acceptors (Lipinski definition) is 1. The molecule has 0 saturated heterocycles. The summed E-state index contributed by atoms with van der Waals surface area (Å²) in [6, 6.07) is 1.61. The molecular weight excluding hydrogens is 203 g/mol. The summed E-state index contributed by atoms with van der Waals surface area (Å²) in [6.45, 7) is 2.00. The van der Waals surface area contributed by atoms with Crippen molar-refractivity contribution in [1.82, 2.24) is 0 Å². The van der Waals surface area contributed by atoms with E-state index in [4.69, 9.17) is 5.73 Å². The van der Waals surface area contributed by atoms with Crippen LogP contribution in [0.4, 0.5) is 13.2 Å². The van der Waals surface area contributed by atoms with Crippen LogP contribution in [-0.2, 0) is 0 Å². The lowest BCUT2D eigenvalue weighted by Crippen LogP contribution is -2.16. The molecule has 1 saturated carbocycles. The molecule has 2 N–H and O–H groups in total.